The van der Waals surface area contributed by atoms with Gasteiger partial charge in [0.1, 0.15) is 5.76 Å². The maximum atomic E-state index is 5.58. The zero-order chi connectivity index (χ0) is 16.1. The molecule has 1 aliphatic rings. The summed E-state index contributed by atoms with van der Waals surface area (Å²) >= 11 is 0. The third kappa shape index (κ3) is 4.47. The molecular formula is C16H29N5O. The third-order valence-corrected chi connectivity index (χ3v) is 4.30. The number of nitrogens with one attached hydrogen (secondary N) is 2. The molecule has 1 aromatic heterocycles. The Kier molecular flexibility index (Phi) is 5.83. The molecule has 2 N–H and O–H groups in total. The van der Waals surface area contributed by atoms with E-state index in [1.807, 2.05) is 13.8 Å². The molecule has 22 heavy (non-hydrogen) atoms. The van der Waals surface area contributed by atoms with Crippen molar-refractivity contribution in [1.29, 1.82) is 0 Å². The van der Waals surface area contributed by atoms with Gasteiger partial charge in [0.25, 0.3) is 0 Å². The Bertz CT molecular complexity index is 481. The first-order valence-corrected chi connectivity index (χ1v) is 8.13. The highest BCUT2D eigenvalue weighted by Gasteiger charge is 2.21. The summed E-state index contributed by atoms with van der Waals surface area (Å²) in [5.41, 5.74) is 0.945. The van der Waals surface area contributed by atoms with Crippen molar-refractivity contribution in [1.82, 2.24) is 20.5 Å². The molecule has 0 aromatic carbocycles. The summed E-state index contributed by atoms with van der Waals surface area (Å²) in [6.07, 6.45) is 2.30. The van der Waals surface area contributed by atoms with Crippen molar-refractivity contribution in [3.63, 3.8) is 0 Å². The van der Waals surface area contributed by atoms with E-state index in [-0.39, 0.29) is 0 Å². The largest absolute Gasteiger partial charge is 0.444 e. The van der Waals surface area contributed by atoms with Crippen LogP contribution in [0, 0.1) is 13.8 Å². The fraction of sp³-hybridized carbons (Fsp3) is 0.750. The summed E-state index contributed by atoms with van der Waals surface area (Å²) in [4.78, 5) is 11.2. The van der Waals surface area contributed by atoms with Gasteiger partial charge in [-0.15, -0.1) is 0 Å². The predicted octanol–water partition coefficient (Wildman–Crippen LogP) is 1.83. The van der Waals surface area contributed by atoms with Gasteiger partial charge in [-0.05, 0) is 40.5 Å². The Hall–Kier alpha value is -1.56. The molecule has 0 unspecified atom stereocenters. The molecule has 2 rings (SSSR count). The molecular weight excluding hydrogens is 278 g/mol. The maximum absolute atomic E-state index is 5.58. The SMILES string of the molecule is CN=C(NCc1nc(C)c(C)o1)NC1CCN(C(C)C)CC1. The quantitative estimate of drug-likeness (QED) is 0.656. The number of likely N-dealkylation sites (tertiary alicyclic amines) is 1. The molecule has 6 heteroatoms. The van der Waals surface area contributed by atoms with E-state index in [1.165, 1.54) is 0 Å². The molecule has 1 aromatic rings. The van der Waals surface area contributed by atoms with Crippen LogP contribution in [-0.4, -0.2) is 48.1 Å². The number of piperidine rings is 1. The molecule has 0 atom stereocenters. The minimum Gasteiger partial charge on any atom is -0.444 e. The number of guanidine groups is 1. The number of hydrogen-bond acceptors (Lipinski definition) is 4. The average molecular weight is 307 g/mol. The Morgan fingerprint density at radius 3 is 2.55 bits per heavy atom. The highest BCUT2D eigenvalue weighted by molar-refractivity contribution is 5.79. The van der Waals surface area contributed by atoms with E-state index < -0.39 is 0 Å². The number of rotatable bonds is 4. The van der Waals surface area contributed by atoms with E-state index >= 15 is 0 Å². The summed E-state index contributed by atoms with van der Waals surface area (Å²) in [5, 5.41) is 6.78. The van der Waals surface area contributed by atoms with Crippen molar-refractivity contribution < 1.29 is 4.42 Å². The van der Waals surface area contributed by atoms with E-state index in [1.54, 1.807) is 7.05 Å². The summed E-state index contributed by atoms with van der Waals surface area (Å²) in [6.45, 7) is 11.2. The normalized spacial score (nSPS) is 18.0. The first-order valence-electron chi connectivity index (χ1n) is 8.13. The molecule has 1 aliphatic heterocycles. The lowest BCUT2D eigenvalue weighted by atomic mass is 10.0. The van der Waals surface area contributed by atoms with E-state index in [0.29, 0.717) is 24.5 Å². The van der Waals surface area contributed by atoms with Crippen LogP contribution in [0.2, 0.25) is 0 Å². The minimum absolute atomic E-state index is 0.481. The number of oxazole rings is 1. The minimum atomic E-state index is 0.481. The number of aromatic nitrogens is 1. The van der Waals surface area contributed by atoms with Gasteiger partial charge in [-0.25, -0.2) is 4.98 Å². The lowest BCUT2D eigenvalue weighted by Crippen LogP contribution is -2.49. The Balaban J connectivity index is 1.78. The predicted molar refractivity (Wildman–Crippen MR) is 89.0 cm³/mol. The fourth-order valence-electron chi connectivity index (χ4n) is 2.72. The second kappa shape index (κ2) is 7.63. The molecule has 1 fully saturated rings. The van der Waals surface area contributed by atoms with Crippen molar-refractivity contribution in [2.24, 2.45) is 4.99 Å². The van der Waals surface area contributed by atoms with Crippen LogP contribution >= 0.6 is 0 Å². The second-order valence-electron chi connectivity index (χ2n) is 6.22. The monoisotopic (exact) mass is 307 g/mol. The first kappa shape index (κ1) is 16.8. The van der Waals surface area contributed by atoms with Gasteiger partial charge in [-0.3, -0.25) is 4.99 Å². The van der Waals surface area contributed by atoms with Gasteiger partial charge in [0.05, 0.1) is 12.2 Å². The number of hydrogen-bond donors (Lipinski definition) is 2. The highest BCUT2D eigenvalue weighted by atomic mass is 16.4. The van der Waals surface area contributed by atoms with Crippen LogP contribution in [0.1, 0.15) is 44.0 Å². The summed E-state index contributed by atoms with van der Waals surface area (Å²) in [7, 11) is 1.80. The zero-order valence-corrected chi connectivity index (χ0v) is 14.4. The van der Waals surface area contributed by atoms with Crippen molar-refractivity contribution in [2.45, 2.75) is 59.2 Å². The van der Waals surface area contributed by atoms with Gasteiger partial charge in [0, 0.05) is 32.2 Å². The molecule has 6 nitrogen and oxygen atoms in total. The van der Waals surface area contributed by atoms with Gasteiger partial charge in [0.2, 0.25) is 5.89 Å². The van der Waals surface area contributed by atoms with Crippen LogP contribution in [-0.2, 0) is 6.54 Å². The summed E-state index contributed by atoms with van der Waals surface area (Å²) in [5.74, 6) is 2.39. The first-order chi connectivity index (χ1) is 10.5. The molecule has 0 bridgehead atoms. The maximum Gasteiger partial charge on any atom is 0.214 e. The van der Waals surface area contributed by atoms with E-state index in [0.717, 1.165) is 43.3 Å². The Morgan fingerprint density at radius 2 is 2.05 bits per heavy atom. The molecule has 0 saturated carbocycles. The Labute approximate surface area is 133 Å². The number of aliphatic imine (C=N–C) groups is 1. The van der Waals surface area contributed by atoms with Crippen LogP contribution in [0.4, 0.5) is 0 Å². The fourth-order valence-corrected chi connectivity index (χ4v) is 2.72. The summed E-state index contributed by atoms with van der Waals surface area (Å²) in [6, 6.07) is 1.11. The molecule has 0 amide bonds. The zero-order valence-electron chi connectivity index (χ0n) is 14.4. The topological polar surface area (TPSA) is 65.7 Å². The van der Waals surface area contributed by atoms with E-state index in [2.05, 4.69) is 39.4 Å². The van der Waals surface area contributed by atoms with E-state index in [4.69, 9.17) is 4.42 Å². The standard InChI is InChI=1S/C16H29N5O/c1-11(2)21-8-6-14(7-9-21)20-16(17-5)18-10-15-19-12(3)13(4)22-15/h11,14H,6-10H2,1-5H3,(H2,17,18,20). The lowest BCUT2D eigenvalue weighted by molar-refractivity contribution is 0.167. The third-order valence-electron chi connectivity index (χ3n) is 4.30. The van der Waals surface area contributed by atoms with Gasteiger partial charge in [-0.2, -0.15) is 0 Å². The average Bonchev–Trinajstić information content (AvgIpc) is 2.82. The van der Waals surface area contributed by atoms with Gasteiger partial charge in [-0.1, -0.05) is 0 Å². The van der Waals surface area contributed by atoms with Gasteiger partial charge >= 0.3 is 0 Å². The van der Waals surface area contributed by atoms with Crippen molar-refractivity contribution in [3.05, 3.63) is 17.3 Å². The Morgan fingerprint density at radius 1 is 1.36 bits per heavy atom. The van der Waals surface area contributed by atoms with E-state index in [9.17, 15) is 0 Å². The molecule has 0 spiro atoms. The van der Waals surface area contributed by atoms with Gasteiger partial charge < -0.3 is 20.0 Å². The summed E-state index contributed by atoms with van der Waals surface area (Å²) < 4.78 is 5.58. The lowest BCUT2D eigenvalue weighted by Gasteiger charge is -2.35. The van der Waals surface area contributed by atoms with Crippen LogP contribution < -0.4 is 10.6 Å². The number of nitrogens with zero attached hydrogens (tertiary/aromatic N) is 3. The van der Waals surface area contributed by atoms with Crippen LogP contribution in [0.5, 0.6) is 0 Å². The van der Waals surface area contributed by atoms with Crippen molar-refractivity contribution in [3.8, 4) is 0 Å². The van der Waals surface area contributed by atoms with Gasteiger partial charge in [0.15, 0.2) is 5.96 Å². The van der Waals surface area contributed by atoms with Crippen molar-refractivity contribution >= 4 is 5.96 Å². The second-order valence-corrected chi connectivity index (χ2v) is 6.22. The number of aryl methyl sites for hydroxylation is 2. The molecule has 124 valence electrons. The molecule has 2 heterocycles. The van der Waals surface area contributed by atoms with Crippen LogP contribution in [0.25, 0.3) is 0 Å². The van der Waals surface area contributed by atoms with Crippen molar-refractivity contribution in [2.75, 3.05) is 20.1 Å². The molecule has 0 radical (unpaired) electrons. The molecule has 1 saturated heterocycles. The van der Waals surface area contributed by atoms with Crippen LogP contribution in [0.15, 0.2) is 9.41 Å². The smallest absolute Gasteiger partial charge is 0.214 e. The molecule has 0 aliphatic carbocycles. The highest BCUT2D eigenvalue weighted by Crippen LogP contribution is 2.13. The van der Waals surface area contributed by atoms with Crippen LogP contribution in [0.3, 0.4) is 0 Å².